The topological polar surface area (TPSA) is 83.0 Å². The summed E-state index contributed by atoms with van der Waals surface area (Å²) < 4.78 is 0. The highest BCUT2D eigenvalue weighted by Gasteiger charge is 2.20. The quantitative estimate of drug-likeness (QED) is 0.661. The number of rotatable bonds is 6. The predicted octanol–water partition coefficient (Wildman–Crippen LogP) is 0.0268. The van der Waals surface area contributed by atoms with E-state index in [4.69, 9.17) is 5.11 Å². The maximum atomic E-state index is 8.98. The fraction of sp³-hybridized carbons (Fsp3) is 0.750. The number of hydrogen-bond donors (Lipinski definition) is 3. The van der Waals surface area contributed by atoms with Gasteiger partial charge in [0.15, 0.2) is 0 Å². The average molecular weight is 251 g/mol. The fourth-order valence-corrected chi connectivity index (χ4v) is 2.28. The van der Waals surface area contributed by atoms with E-state index < -0.39 is 0 Å². The van der Waals surface area contributed by atoms with Crippen molar-refractivity contribution in [3.8, 4) is 0 Å². The first-order valence-corrected chi connectivity index (χ1v) is 6.59. The molecule has 1 aromatic heterocycles. The van der Waals surface area contributed by atoms with Gasteiger partial charge in [-0.1, -0.05) is 0 Å². The van der Waals surface area contributed by atoms with E-state index in [1.54, 1.807) is 0 Å². The number of aliphatic hydroxyl groups excluding tert-OH is 1. The van der Waals surface area contributed by atoms with Crippen LogP contribution in [0.25, 0.3) is 0 Å². The van der Waals surface area contributed by atoms with Gasteiger partial charge in [0.2, 0.25) is 0 Å². The molecule has 0 bridgehead atoms. The predicted molar refractivity (Wildman–Crippen MR) is 67.9 cm³/mol. The Morgan fingerprint density at radius 2 is 2.06 bits per heavy atom. The summed E-state index contributed by atoms with van der Waals surface area (Å²) in [5, 5.41) is 15.9. The average Bonchev–Trinajstić information content (AvgIpc) is 2.45. The zero-order valence-electron chi connectivity index (χ0n) is 10.5. The van der Waals surface area contributed by atoms with Gasteiger partial charge in [0.25, 0.3) is 0 Å². The highest BCUT2D eigenvalue weighted by Crippen LogP contribution is 2.16. The minimum atomic E-state index is 0.114. The van der Waals surface area contributed by atoms with Crippen LogP contribution >= 0.6 is 0 Å². The highest BCUT2D eigenvalue weighted by atomic mass is 16.2. The van der Waals surface area contributed by atoms with Gasteiger partial charge in [-0.05, 0) is 38.8 Å². The molecule has 0 amide bonds. The molecule has 2 rings (SSSR count). The summed E-state index contributed by atoms with van der Waals surface area (Å²) in [4.78, 5) is 12.3. The minimum Gasteiger partial charge on any atom is -0.396 e. The summed E-state index contributed by atoms with van der Waals surface area (Å²) in [5.41, 5.74) is 0. The second kappa shape index (κ2) is 7.35. The largest absolute Gasteiger partial charge is 0.396 e. The van der Waals surface area contributed by atoms with Crippen molar-refractivity contribution in [1.29, 1.82) is 0 Å². The summed E-state index contributed by atoms with van der Waals surface area (Å²) in [6.45, 7) is 2.32. The highest BCUT2D eigenvalue weighted by molar-refractivity contribution is 4.94. The maximum Gasteiger partial charge on any atom is 0.148 e. The van der Waals surface area contributed by atoms with Crippen LogP contribution in [0, 0.1) is 0 Å². The third-order valence-electron chi connectivity index (χ3n) is 3.25. The second-order valence-electron chi connectivity index (χ2n) is 4.61. The fourth-order valence-electron chi connectivity index (χ4n) is 2.28. The maximum absolute atomic E-state index is 8.98. The van der Waals surface area contributed by atoms with Crippen LogP contribution in [0.2, 0.25) is 0 Å². The Bertz CT molecular complexity index is 328. The Morgan fingerprint density at radius 1 is 1.33 bits per heavy atom. The van der Waals surface area contributed by atoms with E-state index in [1.807, 2.05) is 0 Å². The normalized spacial score (nSPS) is 18.7. The summed E-state index contributed by atoms with van der Waals surface area (Å²) in [6.07, 6.45) is 6.91. The van der Waals surface area contributed by atoms with Gasteiger partial charge in [0, 0.05) is 12.6 Å². The lowest BCUT2D eigenvalue weighted by atomic mass is 10.0. The lowest BCUT2D eigenvalue weighted by molar-refractivity contribution is 0.263. The number of hydrogen-bond acceptors (Lipinski definition) is 6. The standard InChI is InChI=1S/C12H21N5O/c18-7-1-2-11(12-15-8-14-9-16-12)17-10-3-5-13-6-4-10/h8-11,13,17-18H,1-7H2. The molecule has 2 heterocycles. The molecule has 1 unspecified atom stereocenters. The summed E-state index contributed by atoms with van der Waals surface area (Å²) in [7, 11) is 0. The van der Waals surface area contributed by atoms with Crippen molar-refractivity contribution >= 4 is 0 Å². The van der Waals surface area contributed by atoms with Gasteiger partial charge in [0.1, 0.15) is 18.5 Å². The van der Waals surface area contributed by atoms with E-state index in [0.717, 1.165) is 44.6 Å². The van der Waals surface area contributed by atoms with E-state index in [-0.39, 0.29) is 12.6 Å². The second-order valence-corrected chi connectivity index (χ2v) is 4.61. The van der Waals surface area contributed by atoms with Gasteiger partial charge in [-0.15, -0.1) is 0 Å². The van der Waals surface area contributed by atoms with Crippen LogP contribution in [-0.4, -0.2) is 45.8 Å². The van der Waals surface area contributed by atoms with Crippen LogP contribution in [0.15, 0.2) is 12.7 Å². The molecule has 0 aliphatic carbocycles. The zero-order chi connectivity index (χ0) is 12.6. The lowest BCUT2D eigenvalue weighted by Crippen LogP contribution is -2.42. The molecule has 0 aromatic carbocycles. The number of piperidine rings is 1. The molecule has 100 valence electrons. The summed E-state index contributed by atoms with van der Waals surface area (Å²) >= 11 is 0. The van der Waals surface area contributed by atoms with E-state index >= 15 is 0 Å². The third kappa shape index (κ3) is 3.97. The first-order chi connectivity index (χ1) is 8.90. The smallest absolute Gasteiger partial charge is 0.148 e. The van der Waals surface area contributed by atoms with Crippen LogP contribution < -0.4 is 10.6 Å². The molecule has 18 heavy (non-hydrogen) atoms. The molecule has 0 saturated carbocycles. The van der Waals surface area contributed by atoms with E-state index in [0.29, 0.717) is 6.04 Å². The Balaban J connectivity index is 1.95. The van der Waals surface area contributed by atoms with E-state index in [1.165, 1.54) is 12.7 Å². The Hall–Kier alpha value is -1.11. The molecule has 1 aromatic rings. The van der Waals surface area contributed by atoms with Crippen molar-refractivity contribution in [2.45, 2.75) is 37.8 Å². The van der Waals surface area contributed by atoms with Crippen molar-refractivity contribution in [3.05, 3.63) is 18.5 Å². The lowest BCUT2D eigenvalue weighted by Gasteiger charge is -2.28. The van der Waals surface area contributed by atoms with Crippen LogP contribution in [0.3, 0.4) is 0 Å². The van der Waals surface area contributed by atoms with Gasteiger partial charge in [-0.25, -0.2) is 15.0 Å². The molecular weight excluding hydrogens is 230 g/mol. The molecule has 1 aliphatic heterocycles. The van der Waals surface area contributed by atoms with Crippen molar-refractivity contribution in [1.82, 2.24) is 25.6 Å². The molecule has 1 fully saturated rings. The first-order valence-electron chi connectivity index (χ1n) is 6.59. The SMILES string of the molecule is OCCCC(NC1CCNCC1)c1ncncn1. The first kappa shape index (κ1) is 13.3. The minimum absolute atomic E-state index is 0.114. The van der Waals surface area contributed by atoms with Crippen molar-refractivity contribution in [3.63, 3.8) is 0 Å². The molecule has 1 saturated heterocycles. The molecule has 0 spiro atoms. The number of aliphatic hydroxyl groups is 1. The van der Waals surface area contributed by atoms with Crippen LogP contribution in [0.1, 0.15) is 37.5 Å². The van der Waals surface area contributed by atoms with Crippen molar-refractivity contribution in [2.75, 3.05) is 19.7 Å². The van der Waals surface area contributed by atoms with Gasteiger partial charge < -0.3 is 15.7 Å². The number of aromatic nitrogens is 3. The summed E-state index contributed by atoms with van der Waals surface area (Å²) in [6, 6.07) is 0.620. The van der Waals surface area contributed by atoms with Crippen molar-refractivity contribution in [2.24, 2.45) is 0 Å². The molecule has 6 heteroatoms. The van der Waals surface area contributed by atoms with Gasteiger partial charge in [-0.3, -0.25) is 0 Å². The molecule has 0 radical (unpaired) electrons. The Morgan fingerprint density at radius 3 is 2.72 bits per heavy atom. The van der Waals surface area contributed by atoms with Gasteiger partial charge in [0.05, 0.1) is 6.04 Å². The number of nitrogens with zero attached hydrogens (tertiary/aromatic N) is 3. The van der Waals surface area contributed by atoms with Crippen LogP contribution in [0.5, 0.6) is 0 Å². The van der Waals surface area contributed by atoms with Gasteiger partial charge in [-0.2, -0.15) is 0 Å². The number of nitrogens with one attached hydrogen (secondary N) is 2. The monoisotopic (exact) mass is 251 g/mol. The zero-order valence-corrected chi connectivity index (χ0v) is 10.5. The van der Waals surface area contributed by atoms with E-state index in [9.17, 15) is 0 Å². The van der Waals surface area contributed by atoms with Gasteiger partial charge >= 0.3 is 0 Å². The summed E-state index contributed by atoms with van der Waals surface area (Å²) in [5.74, 6) is 0.775. The molecule has 1 aliphatic rings. The van der Waals surface area contributed by atoms with Crippen molar-refractivity contribution < 1.29 is 5.11 Å². The molecule has 1 atom stereocenters. The van der Waals surface area contributed by atoms with Crippen LogP contribution in [0.4, 0.5) is 0 Å². The Kier molecular flexibility index (Phi) is 5.44. The van der Waals surface area contributed by atoms with Crippen LogP contribution in [-0.2, 0) is 0 Å². The molecule has 6 nitrogen and oxygen atoms in total. The molecular formula is C12H21N5O. The Labute approximate surface area is 107 Å². The third-order valence-corrected chi connectivity index (χ3v) is 3.25. The molecule has 3 N–H and O–H groups in total. The van der Waals surface area contributed by atoms with E-state index in [2.05, 4.69) is 25.6 Å².